The van der Waals surface area contributed by atoms with Crippen molar-refractivity contribution in [2.45, 2.75) is 37.6 Å². The molecule has 1 heterocycles. The van der Waals surface area contributed by atoms with E-state index in [1.54, 1.807) is 6.20 Å². The van der Waals surface area contributed by atoms with Gasteiger partial charge in [-0.15, -0.1) is 0 Å². The van der Waals surface area contributed by atoms with Crippen LogP contribution < -0.4 is 15.4 Å². The van der Waals surface area contributed by atoms with Crippen molar-refractivity contribution in [2.24, 2.45) is 10.4 Å². The van der Waals surface area contributed by atoms with Crippen molar-refractivity contribution in [3.63, 3.8) is 0 Å². The van der Waals surface area contributed by atoms with Crippen LogP contribution in [0.15, 0.2) is 35.0 Å². The Morgan fingerprint density at radius 3 is 2.70 bits per heavy atom. The van der Waals surface area contributed by atoms with Gasteiger partial charge < -0.3 is 15.4 Å². The molecule has 30 heavy (non-hydrogen) atoms. The van der Waals surface area contributed by atoms with Gasteiger partial charge in [-0.3, -0.25) is 14.6 Å². The molecule has 7 nitrogen and oxygen atoms in total. The van der Waals surface area contributed by atoms with Gasteiger partial charge in [0.1, 0.15) is 23.3 Å². The van der Waals surface area contributed by atoms with Gasteiger partial charge in [0.2, 0.25) is 5.91 Å². The normalized spacial score (nSPS) is 26.2. The van der Waals surface area contributed by atoms with Crippen LogP contribution in [0.25, 0.3) is 0 Å². The second kappa shape index (κ2) is 7.73. The summed E-state index contributed by atoms with van der Waals surface area (Å²) in [5, 5.41) is 14.7. The summed E-state index contributed by atoms with van der Waals surface area (Å²) in [6, 6.07) is 6.02. The lowest BCUT2D eigenvalue weighted by molar-refractivity contribution is -0.183. The highest BCUT2D eigenvalue weighted by atomic mass is 35.5. The molecule has 5 rings (SSSR count). The summed E-state index contributed by atoms with van der Waals surface area (Å²) in [5.41, 5.74) is 0.739. The van der Waals surface area contributed by atoms with E-state index in [9.17, 15) is 14.0 Å². The van der Waals surface area contributed by atoms with Crippen molar-refractivity contribution in [1.82, 2.24) is 10.6 Å². The minimum Gasteiger partial charge on any atom is -0.484 e. The summed E-state index contributed by atoms with van der Waals surface area (Å²) in [7, 11) is 0. The Kier molecular flexibility index (Phi) is 5.24. The molecule has 0 saturated heterocycles. The Morgan fingerprint density at radius 1 is 1.30 bits per heavy atom. The van der Waals surface area contributed by atoms with E-state index in [4.69, 9.17) is 21.6 Å². The number of amides is 2. The molecule has 0 unspecified atom stereocenters. The first-order valence-electron chi connectivity index (χ1n) is 9.65. The lowest BCUT2D eigenvalue weighted by Crippen LogP contribution is -2.78. The topological polar surface area (TPSA) is 104 Å². The molecule has 3 fully saturated rings. The van der Waals surface area contributed by atoms with Gasteiger partial charge in [0.15, 0.2) is 6.61 Å². The summed E-state index contributed by atoms with van der Waals surface area (Å²) >= 11 is 5.62. The number of carbonyl (C=O) groups excluding carboxylic acids is 2. The number of halogens is 2. The minimum absolute atomic E-state index is 0.0105. The molecule has 2 N–H and O–H groups in total. The fourth-order valence-corrected chi connectivity index (χ4v) is 4.50. The molecular weight excluding hydrogens is 411 g/mol. The Morgan fingerprint density at radius 2 is 2.07 bits per heavy atom. The molecule has 3 saturated carbocycles. The summed E-state index contributed by atoms with van der Waals surface area (Å²) in [5.74, 6) is -0.702. The fourth-order valence-electron chi connectivity index (χ4n) is 4.39. The zero-order valence-electron chi connectivity index (χ0n) is 16.1. The number of rotatable bonds is 7. The molecule has 2 amide bonds. The number of nitrogens with zero attached hydrogens (tertiary/aromatic N) is 2. The molecular formula is C21H20ClFN4O3. The monoisotopic (exact) mass is 430 g/mol. The number of carbonyl (C=O) groups is 2. The fraction of sp³-hybridized carbons (Fsp3) is 0.429. The van der Waals surface area contributed by atoms with E-state index in [2.05, 4.69) is 15.6 Å². The van der Waals surface area contributed by atoms with Gasteiger partial charge in [-0.05, 0) is 43.4 Å². The van der Waals surface area contributed by atoms with Crippen molar-refractivity contribution in [2.75, 3.05) is 13.2 Å². The van der Waals surface area contributed by atoms with E-state index in [-0.39, 0.29) is 34.7 Å². The van der Waals surface area contributed by atoms with Crippen LogP contribution in [0.5, 0.6) is 5.75 Å². The van der Waals surface area contributed by atoms with Crippen LogP contribution in [0.4, 0.5) is 4.39 Å². The second-order valence-corrected chi connectivity index (χ2v) is 8.57. The van der Waals surface area contributed by atoms with Gasteiger partial charge in [0.05, 0.1) is 10.4 Å². The number of nitriles is 1. The molecule has 156 valence electrons. The molecule has 1 aromatic rings. The molecule has 3 aliphatic carbocycles. The maximum atomic E-state index is 13.4. The SMILES string of the molecule is N#CC1=NC=C(CNC(=O)C23CC(NC(=O)COc4ccc(Cl)c(F)c4)(C2)C3)CC1. The molecule has 4 aliphatic rings. The van der Waals surface area contributed by atoms with Gasteiger partial charge in [0.25, 0.3) is 5.91 Å². The van der Waals surface area contributed by atoms with Crippen LogP contribution in [-0.2, 0) is 9.59 Å². The zero-order valence-corrected chi connectivity index (χ0v) is 16.9. The molecule has 0 aromatic heterocycles. The maximum Gasteiger partial charge on any atom is 0.258 e. The minimum atomic E-state index is -0.608. The summed E-state index contributed by atoms with van der Waals surface area (Å²) in [6.45, 7) is 0.190. The summed E-state index contributed by atoms with van der Waals surface area (Å²) < 4.78 is 18.7. The van der Waals surface area contributed by atoms with Crippen molar-refractivity contribution >= 4 is 29.1 Å². The third-order valence-electron chi connectivity index (χ3n) is 5.87. The van der Waals surface area contributed by atoms with Crippen LogP contribution >= 0.6 is 11.6 Å². The second-order valence-electron chi connectivity index (χ2n) is 8.16. The maximum absolute atomic E-state index is 13.4. The molecule has 0 radical (unpaired) electrons. The van der Waals surface area contributed by atoms with E-state index in [0.717, 1.165) is 18.1 Å². The smallest absolute Gasteiger partial charge is 0.258 e. The third-order valence-corrected chi connectivity index (χ3v) is 6.18. The molecule has 1 aliphatic heterocycles. The third kappa shape index (κ3) is 3.90. The van der Waals surface area contributed by atoms with Gasteiger partial charge in [0, 0.05) is 30.8 Å². The quantitative estimate of drug-likeness (QED) is 0.693. The lowest BCUT2D eigenvalue weighted by atomic mass is 9.39. The van der Waals surface area contributed by atoms with Gasteiger partial charge in [-0.1, -0.05) is 11.6 Å². The lowest BCUT2D eigenvalue weighted by Gasteiger charge is -2.69. The highest BCUT2D eigenvalue weighted by molar-refractivity contribution is 6.30. The van der Waals surface area contributed by atoms with Crippen LogP contribution in [0.2, 0.25) is 5.02 Å². The molecule has 2 bridgehead atoms. The number of hydrogen-bond acceptors (Lipinski definition) is 5. The van der Waals surface area contributed by atoms with Gasteiger partial charge in [-0.25, -0.2) is 4.39 Å². The van der Waals surface area contributed by atoms with Crippen molar-refractivity contribution in [1.29, 1.82) is 5.26 Å². The number of nitrogens with one attached hydrogen (secondary N) is 2. The average molecular weight is 431 g/mol. The van der Waals surface area contributed by atoms with E-state index < -0.39 is 11.2 Å². The van der Waals surface area contributed by atoms with Gasteiger partial charge >= 0.3 is 0 Å². The van der Waals surface area contributed by atoms with E-state index in [1.807, 2.05) is 6.07 Å². The van der Waals surface area contributed by atoms with Crippen LogP contribution in [0.1, 0.15) is 32.1 Å². The van der Waals surface area contributed by atoms with E-state index >= 15 is 0 Å². The Hall–Kier alpha value is -2.92. The number of aliphatic imine (C=N–C) groups is 1. The number of hydrogen-bond donors (Lipinski definition) is 2. The van der Waals surface area contributed by atoms with Crippen molar-refractivity contribution < 1.29 is 18.7 Å². The van der Waals surface area contributed by atoms with Crippen LogP contribution in [0, 0.1) is 22.6 Å². The Bertz CT molecular complexity index is 994. The van der Waals surface area contributed by atoms with Gasteiger partial charge in [-0.2, -0.15) is 5.26 Å². The first-order chi connectivity index (χ1) is 14.3. The first kappa shape index (κ1) is 20.4. The summed E-state index contributed by atoms with van der Waals surface area (Å²) in [4.78, 5) is 28.8. The predicted octanol–water partition coefficient (Wildman–Crippen LogP) is 2.66. The van der Waals surface area contributed by atoms with Crippen molar-refractivity contribution in [3.8, 4) is 11.8 Å². The molecule has 9 heteroatoms. The van der Waals surface area contributed by atoms with Crippen LogP contribution in [-0.4, -0.2) is 36.2 Å². The first-order valence-corrected chi connectivity index (χ1v) is 10.0. The average Bonchev–Trinajstić information content (AvgIpc) is 2.69. The number of ether oxygens (including phenoxy) is 1. The van der Waals surface area contributed by atoms with Crippen molar-refractivity contribution in [3.05, 3.63) is 40.8 Å². The van der Waals surface area contributed by atoms with E-state index in [0.29, 0.717) is 37.9 Å². The Labute approximate surface area is 177 Å². The number of benzene rings is 1. The highest BCUT2D eigenvalue weighted by Gasteiger charge is 2.72. The largest absolute Gasteiger partial charge is 0.484 e. The van der Waals surface area contributed by atoms with E-state index in [1.165, 1.54) is 12.1 Å². The highest BCUT2D eigenvalue weighted by Crippen LogP contribution is 2.67. The molecule has 1 aromatic carbocycles. The molecule has 0 spiro atoms. The predicted molar refractivity (Wildman–Crippen MR) is 107 cm³/mol. The standard InChI is InChI=1S/C21H20ClFN4O3/c22-16-4-3-15(5-17(16)23)30-9-18(28)27-21-10-20(11-21,12-21)19(29)26-8-13-1-2-14(6-24)25-7-13/h3-5,7H,1-2,8-12H2,(H,26,29)(H,27,28). The Balaban J connectivity index is 1.20. The summed E-state index contributed by atoms with van der Waals surface area (Å²) in [6.07, 6.45) is 4.77. The molecule has 0 atom stereocenters. The zero-order chi connectivity index (χ0) is 21.4. The van der Waals surface area contributed by atoms with Crippen LogP contribution in [0.3, 0.4) is 0 Å².